The van der Waals surface area contributed by atoms with Gasteiger partial charge in [-0.2, -0.15) is 4.52 Å². The molecule has 0 saturated carbocycles. The van der Waals surface area contributed by atoms with Crippen molar-refractivity contribution in [2.24, 2.45) is 0 Å². The first-order chi connectivity index (χ1) is 12.7. The Hall–Kier alpha value is -2.10. The van der Waals surface area contributed by atoms with Gasteiger partial charge in [-0.3, -0.25) is 4.79 Å². The third-order valence-electron chi connectivity index (χ3n) is 4.78. The third kappa shape index (κ3) is 3.30. The van der Waals surface area contributed by atoms with E-state index in [1.807, 2.05) is 21.0 Å². The van der Waals surface area contributed by atoms with E-state index in [1.54, 1.807) is 15.9 Å². The lowest BCUT2D eigenvalue weighted by Gasteiger charge is -2.30. The predicted octanol–water partition coefficient (Wildman–Crippen LogP) is 0.373. The molecule has 9 heteroatoms. The smallest absolute Gasteiger partial charge is 0.291 e. The molecule has 0 bridgehead atoms. The van der Waals surface area contributed by atoms with Crippen molar-refractivity contribution in [3.63, 3.8) is 0 Å². The number of fused-ring (bicyclic) bond motifs is 5. The van der Waals surface area contributed by atoms with Crippen molar-refractivity contribution in [2.75, 3.05) is 27.2 Å². The molecule has 2 N–H and O–H groups in total. The summed E-state index contributed by atoms with van der Waals surface area (Å²) in [6.45, 7) is 8.08. The van der Waals surface area contributed by atoms with E-state index in [1.165, 1.54) is 15.3 Å². The molecule has 0 saturated heterocycles. The number of aromatic nitrogens is 4. The Bertz CT molecular complexity index is 1040. The zero-order valence-electron chi connectivity index (χ0n) is 16.3. The quantitative estimate of drug-likeness (QED) is 0.674. The maximum absolute atomic E-state index is 12.5. The topological polar surface area (TPSA) is 85.9 Å². The summed E-state index contributed by atoms with van der Waals surface area (Å²) in [4.78, 5) is 25.2. The Morgan fingerprint density at radius 3 is 2.89 bits per heavy atom. The molecule has 1 amide bonds. The highest BCUT2D eigenvalue weighted by atomic mass is 32.1. The van der Waals surface area contributed by atoms with Crippen LogP contribution in [0.1, 0.15) is 40.7 Å². The second-order valence-corrected chi connectivity index (χ2v) is 9.04. The van der Waals surface area contributed by atoms with E-state index in [0.29, 0.717) is 18.8 Å². The van der Waals surface area contributed by atoms with Crippen molar-refractivity contribution < 1.29 is 14.4 Å². The van der Waals surface area contributed by atoms with E-state index in [0.717, 1.165) is 29.0 Å². The summed E-state index contributed by atoms with van der Waals surface area (Å²) >= 11 is 1.64. The molecule has 0 radical (unpaired) electrons. The summed E-state index contributed by atoms with van der Waals surface area (Å²) in [5.74, 6) is 0.660. The Balaban J connectivity index is 1.78. The molecule has 8 nitrogen and oxygen atoms in total. The number of carbonyl (C=O) groups excluding carboxylic acids is 1. The minimum absolute atomic E-state index is 0.187. The van der Waals surface area contributed by atoms with Crippen molar-refractivity contribution in [1.29, 1.82) is 0 Å². The van der Waals surface area contributed by atoms with Gasteiger partial charge in [0.2, 0.25) is 5.82 Å². The largest absolute Gasteiger partial charge is 0.370 e. The highest BCUT2D eigenvalue weighted by Crippen LogP contribution is 2.39. The minimum Gasteiger partial charge on any atom is -0.370 e. The van der Waals surface area contributed by atoms with Crippen LogP contribution in [0.25, 0.3) is 15.9 Å². The molecular formula is C18H25N6O2S+. The first kappa shape index (κ1) is 18.3. The molecule has 3 aromatic heterocycles. The molecule has 4 rings (SSSR count). The van der Waals surface area contributed by atoms with Crippen LogP contribution in [0, 0.1) is 6.92 Å². The number of hydrogen-bond acceptors (Lipinski definition) is 6. The lowest BCUT2D eigenvalue weighted by molar-refractivity contribution is -0.856. The Morgan fingerprint density at radius 2 is 2.15 bits per heavy atom. The van der Waals surface area contributed by atoms with E-state index in [-0.39, 0.29) is 17.3 Å². The lowest BCUT2D eigenvalue weighted by Crippen LogP contribution is -3.06. The van der Waals surface area contributed by atoms with Gasteiger partial charge in [0, 0.05) is 11.3 Å². The van der Waals surface area contributed by atoms with E-state index < -0.39 is 0 Å². The molecular weight excluding hydrogens is 364 g/mol. The van der Waals surface area contributed by atoms with Gasteiger partial charge in [0.25, 0.3) is 5.91 Å². The highest BCUT2D eigenvalue weighted by Gasteiger charge is 2.31. The lowest BCUT2D eigenvalue weighted by atomic mass is 9.94. The Kier molecular flexibility index (Phi) is 4.40. The van der Waals surface area contributed by atoms with Gasteiger partial charge in [0.05, 0.1) is 44.8 Å². The molecule has 3 aromatic rings. The van der Waals surface area contributed by atoms with Crippen molar-refractivity contribution in [2.45, 2.75) is 39.4 Å². The normalized spacial score (nSPS) is 16.2. The van der Waals surface area contributed by atoms with Gasteiger partial charge in [0.15, 0.2) is 5.65 Å². The summed E-state index contributed by atoms with van der Waals surface area (Å²) in [5, 5.41) is 8.32. The number of ether oxygens (including phenoxy) is 1. The standard InChI is InChI=1S/C18H24N6O2S/c1-10-20-17-13(11-8-18(2,3)26-9-12(11)27-17)15-21-14(22-24(10)15)16(25)19-6-7-23(4)5/h6-9H2,1-5H3,(H,19,25)/p+1. The highest BCUT2D eigenvalue weighted by molar-refractivity contribution is 7.19. The molecule has 0 fully saturated rings. The van der Waals surface area contributed by atoms with E-state index >= 15 is 0 Å². The van der Waals surface area contributed by atoms with Crippen molar-refractivity contribution >= 4 is 33.1 Å². The van der Waals surface area contributed by atoms with Crippen LogP contribution < -0.4 is 10.2 Å². The molecule has 0 atom stereocenters. The van der Waals surface area contributed by atoms with Gasteiger partial charge in [-0.25, -0.2) is 9.97 Å². The number of hydrogen-bond donors (Lipinski definition) is 2. The molecule has 144 valence electrons. The van der Waals surface area contributed by atoms with Crippen LogP contribution >= 0.6 is 11.3 Å². The number of thiophene rings is 1. The number of likely N-dealkylation sites (N-methyl/N-ethyl adjacent to an activating group) is 1. The third-order valence-corrected chi connectivity index (χ3v) is 5.88. The van der Waals surface area contributed by atoms with Crippen LogP contribution in [-0.2, 0) is 17.8 Å². The molecule has 1 aliphatic heterocycles. The fourth-order valence-electron chi connectivity index (χ4n) is 3.34. The van der Waals surface area contributed by atoms with Gasteiger partial charge in [-0.05, 0) is 26.3 Å². The zero-order chi connectivity index (χ0) is 19.3. The minimum atomic E-state index is -0.250. The van der Waals surface area contributed by atoms with Crippen LogP contribution in [0.4, 0.5) is 0 Å². The zero-order valence-corrected chi connectivity index (χ0v) is 17.2. The summed E-state index contributed by atoms with van der Waals surface area (Å²) in [6, 6.07) is 0. The van der Waals surface area contributed by atoms with Crippen LogP contribution in [0.15, 0.2) is 0 Å². The fraction of sp³-hybridized carbons (Fsp3) is 0.556. The molecule has 0 unspecified atom stereocenters. The van der Waals surface area contributed by atoms with Gasteiger partial charge < -0.3 is 15.0 Å². The average molecular weight is 390 g/mol. The maximum Gasteiger partial charge on any atom is 0.291 e. The number of nitrogens with one attached hydrogen (secondary N) is 2. The maximum atomic E-state index is 12.5. The summed E-state index contributed by atoms with van der Waals surface area (Å²) in [5.41, 5.74) is 1.70. The summed E-state index contributed by atoms with van der Waals surface area (Å²) in [7, 11) is 4.10. The molecule has 0 aliphatic carbocycles. The van der Waals surface area contributed by atoms with Gasteiger partial charge in [0.1, 0.15) is 10.7 Å². The molecule has 0 aromatic carbocycles. The molecule has 1 aliphatic rings. The molecule has 27 heavy (non-hydrogen) atoms. The first-order valence-electron chi connectivity index (χ1n) is 9.14. The Labute approximate surface area is 161 Å². The number of aryl methyl sites for hydroxylation is 1. The van der Waals surface area contributed by atoms with Gasteiger partial charge in [-0.1, -0.05) is 0 Å². The van der Waals surface area contributed by atoms with Gasteiger partial charge >= 0.3 is 0 Å². The van der Waals surface area contributed by atoms with Crippen molar-refractivity contribution in [3.8, 4) is 0 Å². The van der Waals surface area contributed by atoms with Crippen LogP contribution in [-0.4, -0.2) is 58.3 Å². The number of quaternary nitrogens is 1. The van der Waals surface area contributed by atoms with E-state index in [2.05, 4.69) is 29.2 Å². The number of rotatable bonds is 4. The van der Waals surface area contributed by atoms with Gasteiger partial charge in [-0.15, -0.1) is 16.4 Å². The summed E-state index contributed by atoms with van der Waals surface area (Å²) in [6.07, 6.45) is 0.794. The number of amides is 1. The van der Waals surface area contributed by atoms with Crippen LogP contribution in [0.5, 0.6) is 0 Å². The van der Waals surface area contributed by atoms with Crippen molar-refractivity contribution in [3.05, 3.63) is 22.1 Å². The monoisotopic (exact) mass is 389 g/mol. The number of carbonyl (C=O) groups is 1. The number of nitrogens with zero attached hydrogens (tertiary/aromatic N) is 4. The average Bonchev–Trinajstić information content (AvgIpc) is 3.15. The second-order valence-electron chi connectivity index (χ2n) is 7.95. The Morgan fingerprint density at radius 1 is 1.37 bits per heavy atom. The first-order valence-corrected chi connectivity index (χ1v) is 9.95. The fourth-order valence-corrected chi connectivity index (χ4v) is 4.49. The SMILES string of the molecule is Cc1nc2sc3c(c2c2nc(C(=O)NCC[NH+](C)C)nn12)CC(C)(C)OC3. The second kappa shape index (κ2) is 6.50. The predicted molar refractivity (Wildman–Crippen MR) is 103 cm³/mol. The van der Waals surface area contributed by atoms with Crippen LogP contribution in [0.2, 0.25) is 0 Å². The molecule has 4 heterocycles. The van der Waals surface area contributed by atoms with E-state index in [4.69, 9.17) is 9.72 Å². The van der Waals surface area contributed by atoms with Crippen molar-refractivity contribution in [1.82, 2.24) is 24.9 Å². The molecule has 0 spiro atoms. The van der Waals surface area contributed by atoms with Crippen LogP contribution in [0.3, 0.4) is 0 Å². The van der Waals surface area contributed by atoms with E-state index in [9.17, 15) is 4.79 Å². The summed E-state index contributed by atoms with van der Waals surface area (Å²) < 4.78 is 7.63.